The van der Waals surface area contributed by atoms with Gasteiger partial charge in [-0.25, -0.2) is 8.78 Å². The fraction of sp³-hybridized carbons (Fsp3) is 0.200. The molecule has 0 heterocycles. The number of rotatable bonds is 4. The molecule has 21 heavy (non-hydrogen) atoms. The van der Waals surface area contributed by atoms with E-state index in [0.29, 0.717) is 17.1 Å². The average molecular weight is 378 g/mol. The van der Waals surface area contributed by atoms with Gasteiger partial charge in [-0.15, -0.1) is 0 Å². The van der Waals surface area contributed by atoms with Crippen molar-refractivity contribution in [1.82, 2.24) is 0 Å². The van der Waals surface area contributed by atoms with Crippen LogP contribution in [0, 0.1) is 11.6 Å². The fourth-order valence-electron chi connectivity index (χ4n) is 1.93. The van der Waals surface area contributed by atoms with E-state index in [1.807, 2.05) is 0 Å². The Morgan fingerprint density at radius 1 is 1.00 bits per heavy atom. The van der Waals surface area contributed by atoms with Crippen LogP contribution in [0.3, 0.4) is 0 Å². The van der Waals surface area contributed by atoms with Crippen molar-refractivity contribution in [3.63, 3.8) is 0 Å². The summed E-state index contributed by atoms with van der Waals surface area (Å²) < 4.78 is 37.0. The average Bonchev–Trinajstić information content (AvgIpc) is 2.49. The summed E-state index contributed by atoms with van der Waals surface area (Å²) in [5.41, 5.74) is 1.14. The van der Waals surface area contributed by atoms with Crippen LogP contribution >= 0.6 is 27.5 Å². The molecule has 2 rings (SSSR count). The Labute approximate surface area is 134 Å². The molecule has 2 aromatic rings. The molecular formula is C15H12BrClF2O2. The first-order chi connectivity index (χ1) is 9.97. The van der Waals surface area contributed by atoms with Gasteiger partial charge in [0.1, 0.15) is 11.5 Å². The van der Waals surface area contributed by atoms with Crippen LogP contribution in [0.5, 0.6) is 11.5 Å². The van der Waals surface area contributed by atoms with Gasteiger partial charge < -0.3 is 9.47 Å². The monoisotopic (exact) mass is 376 g/mol. The van der Waals surface area contributed by atoms with Crippen molar-refractivity contribution in [3.8, 4) is 11.5 Å². The van der Waals surface area contributed by atoms with E-state index in [4.69, 9.17) is 21.1 Å². The maximum atomic E-state index is 13.4. The summed E-state index contributed by atoms with van der Waals surface area (Å²) in [6.07, 6.45) is 0. The van der Waals surface area contributed by atoms with Crippen molar-refractivity contribution < 1.29 is 18.3 Å². The molecule has 0 aliphatic rings. The molecule has 0 saturated carbocycles. The Bertz CT molecular complexity index is 664. The molecule has 2 aromatic carbocycles. The molecule has 0 aromatic heterocycles. The van der Waals surface area contributed by atoms with Crippen LogP contribution in [0.25, 0.3) is 0 Å². The molecule has 0 N–H and O–H groups in total. The van der Waals surface area contributed by atoms with Gasteiger partial charge in [0, 0.05) is 16.7 Å². The van der Waals surface area contributed by atoms with Crippen LogP contribution in [-0.2, 0) is 0 Å². The van der Waals surface area contributed by atoms with Crippen LogP contribution in [0.4, 0.5) is 8.78 Å². The maximum absolute atomic E-state index is 13.4. The van der Waals surface area contributed by atoms with E-state index in [9.17, 15) is 8.78 Å². The molecule has 112 valence electrons. The van der Waals surface area contributed by atoms with Gasteiger partial charge in [0.2, 0.25) is 0 Å². The zero-order valence-corrected chi connectivity index (χ0v) is 13.6. The molecule has 2 nitrogen and oxygen atoms in total. The third-order valence-corrected chi connectivity index (χ3v) is 4.34. The number of ether oxygens (including phenoxy) is 2. The molecule has 0 saturated heterocycles. The van der Waals surface area contributed by atoms with Crippen molar-refractivity contribution in [3.05, 3.63) is 58.1 Å². The lowest BCUT2D eigenvalue weighted by atomic mass is 10.0. The molecule has 0 amide bonds. The number of hydrogen-bond acceptors (Lipinski definition) is 2. The number of halogens is 4. The van der Waals surface area contributed by atoms with Gasteiger partial charge in [-0.05, 0) is 23.8 Å². The zero-order valence-electron chi connectivity index (χ0n) is 11.3. The maximum Gasteiger partial charge on any atom is 0.160 e. The first kappa shape index (κ1) is 16.0. The van der Waals surface area contributed by atoms with Crippen LogP contribution in [0.1, 0.15) is 16.0 Å². The van der Waals surface area contributed by atoms with Crippen molar-refractivity contribution in [2.24, 2.45) is 0 Å². The van der Waals surface area contributed by atoms with E-state index in [1.54, 1.807) is 25.3 Å². The molecule has 0 radical (unpaired) electrons. The Morgan fingerprint density at radius 2 is 1.67 bits per heavy atom. The second-order valence-electron chi connectivity index (χ2n) is 4.26. The highest BCUT2D eigenvalue weighted by atomic mass is 79.9. The highest BCUT2D eigenvalue weighted by Crippen LogP contribution is 2.41. The molecule has 6 heteroatoms. The van der Waals surface area contributed by atoms with Crippen LogP contribution in [0.2, 0.25) is 5.02 Å². The van der Waals surface area contributed by atoms with Crippen LogP contribution in [-0.4, -0.2) is 14.2 Å². The smallest absolute Gasteiger partial charge is 0.160 e. The summed E-state index contributed by atoms with van der Waals surface area (Å²) in [4.78, 5) is -0.444. The number of alkyl halides is 1. The standard InChI is InChI=1S/C15H12BrClF2O2/c1-20-8-3-4-9(14(5-8)21-2)15(16)10-6-12(18)13(19)7-11(10)17/h3-7,15H,1-2H3. The molecule has 1 unspecified atom stereocenters. The molecule has 0 aliphatic heterocycles. The highest BCUT2D eigenvalue weighted by molar-refractivity contribution is 9.09. The first-order valence-corrected chi connectivity index (χ1v) is 7.27. The largest absolute Gasteiger partial charge is 0.497 e. The molecule has 1 atom stereocenters. The SMILES string of the molecule is COc1ccc(C(Br)c2cc(F)c(F)cc2Cl)c(OC)c1. The second-order valence-corrected chi connectivity index (χ2v) is 5.58. The van der Waals surface area contributed by atoms with Crippen molar-refractivity contribution >= 4 is 27.5 Å². The molecule has 0 aliphatic carbocycles. The van der Waals surface area contributed by atoms with E-state index in [0.717, 1.165) is 17.7 Å². The Balaban J connectivity index is 2.49. The lowest BCUT2D eigenvalue weighted by Crippen LogP contribution is -2.00. The summed E-state index contributed by atoms with van der Waals surface area (Å²) >= 11 is 9.45. The number of methoxy groups -OCH3 is 2. The minimum atomic E-state index is -0.981. The minimum absolute atomic E-state index is 0.133. The van der Waals surface area contributed by atoms with Gasteiger partial charge in [-0.2, -0.15) is 0 Å². The lowest BCUT2D eigenvalue weighted by Gasteiger charge is -2.17. The van der Waals surface area contributed by atoms with Gasteiger partial charge in [0.05, 0.1) is 19.0 Å². The summed E-state index contributed by atoms with van der Waals surface area (Å²) in [6.45, 7) is 0. The molecule has 0 bridgehead atoms. The van der Waals surface area contributed by atoms with Crippen molar-refractivity contribution in [1.29, 1.82) is 0 Å². The van der Waals surface area contributed by atoms with E-state index in [-0.39, 0.29) is 5.02 Å². The van der Waals surface area contributed by atoms with E-state index in [1.165, 1.54) is 7.11 Å². The summed E-state index contributed by atoms with van der Waals surface area (Å²) in [5.74, 6) is -0.750. The van der Waals surface area contributed by atoms with Gasteiger partial charge >= 0.3 is 0 Å². The van der Waals surface area contributed by atoms with Crippen LogP contribution in [0.15, 0.2) is 30.3 Å². The Kier molecular flexibility index (Phi) is 5.06. The number of hydrogen-bond donors (Lipinski definition) is 0. The van der Waals surface area contributed by atoms with E-state index < -0.39 is 16.5 Å². The predicted molar refractivity (Wildman–Crippen MR) is 81.7 cm³/mol. The van der Waals surface area contributed by atoms with Gasteiger partial charge in [-0.1, -0.05) is 33.6 Å². The fourth-order valence-corrected chi connectivity index (χ4v) is 3.08. The predicted octanol–water partition coefficient (Wildman–Crippen LogP) is 5.12. The van der Waals surface area contributed by atoms with Crippen molar-refractivity contribution in [2.45, 2.75) is 4.83 Å². The summed E-state index contributed by atoms with van der Waals surface area (Å²) in [6, 6.07) is 7.25. The van der Waals surface area contributed by atoms with Gasteiger partial charge in [0.15, 0.2) is 11.6 Å². The normalized spacial score (nSPS) is 12.1. The second kappa shape index (κ2) is 6.62. The Morgan fingerprint density at radius 3 is 2.29 bits per heavy atom. The topological polar surface area (TPSA) is 18.5 Å². The third-order valence-electron chi connectivity index (χ3n) is 3.03. The lowest BCUT2D eigenvalue weighted by molar-refractivity contribution is 0.391. The number of benzene rings is 2. The third kappa shape index (κ3) is 3.30. The Hall–Kier alpha value is -1.33. The zero-order chi connectivity index (χ0) is 15.6. The highest BCUT2D eigenvalue weighted by Gasteiger charge is 2.20. The van der Waals surface area contributed by atoms with Gasteiger partial charge in [0.25, 0.3) is 0 Å². The summed E-state index contributed by atoms with van der Waals surface area (Å²) in [5, 5.41) is 0.133. The van der Waals surface area contributed by atoms with Gasteiger partial charge in [-0.3, -0.25) is 0 Å². The van der Waals surface area contributed by atoms with E-state index in [2.05, 4.69) is 15.9 Å². The summed E-state index contributed by atoms with van der Waals surface area (Å²) in [7, 11) is 3.07. The van der Waals surface area contributed by atoms with E-state index >= 15 is 0 Å². The molecule has 0 fully saturated rings. The first-order valence-electron chi connectivity index (χ1n) is 5.98. The quantitative estimate of drug-likeness (QED) is 0.544. The van der Waals surface area contributed by atoms with Crippen molar-refractivity contribution in [2.75, 3.05) is 14.2 Å². The molecular weight excluding hydrogens is 366 g/mol. The minimum Gasteiger partial charge on any atom is -0.497 e. The molecule has 0 spiro atoms. The van der Waals surface area contributed by atoms with Crippen LogP contribution < -0.4 is 9.47 Å².